The van der Waals surface area contributed by atoms with Crippen molar-refractivity contribution in [2.45, 2.75) is 0 Å². The van der Waals surface area contributed by atoms with E-state index in [9.17, 15) is 4.79 Å². The fraction of sp³-hybridized carbons (Fsp3) is 0. The first-order valence-electron chi connectivity index (χ1n) is 5.76. The summed E-state index contributed by atoms with van der Waals surface area (Å²) >= 11 is 1.55. The lowest BCUT2D eigenvalue weighted by Crippen LogP contribution is -2.03. The minimum Gasteiger partial charge on any atom is -0.265 e. The summed E-state index contributed by atoms with van der Waals surface area (Å²) in [5.74, 6) is 0. The third kappa shape index (κ3) is 1.39. The molecule has 0 aliphatic rings. The highest BCUT2D eigenvalue weighted by atomic mass is 32.1. The smallest absolute Gasteiger partial charge is 0.265 e. The minimum atomic E-state index is -0.306. The van der Waals surface area contributed by atoms with Crippen LogP contribution in [0.15, 0.2) is 46.8 Å². The molecule has 19 heavy (non-hydrogen) atoms. The van der Waals surface area contributed by atoms with Crippen molar-refractivity contribution >= 4 is 43.1 Å². The Hall–Kier alpha value is -2.40. The predicted octanol–water partition coefficient (Wildman–Crippen LogP) is 2.75. The van der Waals surface area contributed by atoms with Crippen molar-refractivity contribution in [1.82, 2.24) is 15.2 Å². The molecule has 3 aromatic heterocycles. The highest BCUT2D eigenvalue weighted by molar-refractivity contribution is 7.18. The van der Waals surface area contributed by atoms with Crippen LogP contribution >= 0.6 is 11.3 Å². The predicted molar refractivity (Wildman–Crippen MR) is 76.5 cm³/mol. The van der Waals surface area contributed by atoms with Gasteiger partial charge in [-0.3, -0.25) is 9.78 Å². The number of thiophene rings is 1. The second-order valence-electron chi connectivity index (χ2n) is 4.19. The molecule has 0 unspecified atom stereocenters. The summed E-state index contributed by atoms with van der Waals surface area (Å²) in [6, 6.07) is 7.75. The van der Waals surface area contributed by atoms with Gasteiger partial charge < -0.3 is 0 Å². The van der Waals surface area contributed by atoms with Crippen molar-refractivity contribution in [2.24, 2.45) is 0 Å². The maximum Gasteiger partial charge on any atom is 0.297 e. The zero-order chi connectivity index (χ0) is 12.8. The summed E-state index contributed by atoms with van der Waals surface area (Å²) in [5.41, 5.74) is 0.514. The van der Waals surface area contributed by atoms with Crippen LogP contribution in [0.1, 0.15) is 0 Å². The number of hydrogen-bond donors (Lipinski definition) is 0. The Morgan fingerprint density at radius 1 is 1.00 bits per heavy atom. The van der Waals surface area contributed by atoms with E-state index in [0.717, 1.165) is 26.4 Å². The number of aromatic nitrogens is 3. The van der Waals surface area contributed by atoms with Crippen LogP contribution in [0.4, 0.5) is 0 Å². The summed E-state index contributed by atoms with van der Waals surface area (Å²) < 4.78 is 0.950. The molecule has 4 rings (SSSR count). The van der Waals surface area contributed by atoms with Gasteiger partial charge in [0.1, 0.15) is 0 Å². The quantitative estimate of drug-likeness (QED) is 0.490. The molecular weight excluding hydrogens is 258 g/mol. The molecule has 0 aliphatic heterocycles. The molecule has 0 saturated carbocycles. The summed E-state index contributed by atoms with van der Waals surface area (Å²) in [6.45, 7) is 0. The molecular formula is C14H7N3OS. The topological polar surface area (TPSA) is 55.7 Å². The van der Waals surface area contributed by atoms with E-state index in [1.807, 2.05) is 23.6 Å². The number of rotatable bonds is 0. The SMILES string of the molecule is O=c1nnccc2c3ncccc3c3ccsc3c12. The molecule has 0 N–H and O–H groups in total. The van der Waals surface area contributed by atoms with E-state index in [4.69, 9.17) is 0 Å². The normalized spacial score (nSPS) is 11.4. The average Bonchev–Trinajstić information content (AvgIpc) is 2.84. The molecule has 0 atom stereocenters. The Morgan fingerprint density at radius 3 is 2.89 bits per heavy atom. The monoisotopic (exact) mass is 265 g/mol. The van der Waals surface area contributed by atoms with Gasteiger partial charge in [-0.1, -0.05) is 6.07 Å². The number of hydrogen-bond acceptors (Lipinski definition) is 5. The zero-order valence-electron chi connectivity index (χ0n) is 9.70. The van der Waals surface area contributed by atoms with Crippen LogP contribution < -0.4 is 5.56 Å². The standard InChI is InChI=1S/C14H7N3OS/c18-14-11-10(3-6-16-17-14)12-8(2-1-5-15-12)9-4-7-19-13(9)11/h1-7H. The molecule has 0 fully saturated rings. The Morgan fingerprint density at radius 2 is 1.95 bits per heavy atom. The van der Waals surface area contributed by atoms with Crippen molar-refractivity contribution in [1.29, 1.82) is 0 Å². The van der Waals surface area contributed by atoms with Gasteiger partial charge in [-0.15, -0.1) is 16.4 Å². The van der Waals surface area contributed by atoms with Gasteiger partial charge in [-0.05, 0) is 23.6 Å². The summed E-state index contributed by atoms with van der Waals surface area (Å²) in [4.78, 5) is 16.6. The lowest BCUT2D eigenvalue weighted by molar-refractivity contribution is 1.02. The van der Waals surface area contributed by atoms with Gasteiger partial charge in [0.15, 0.2) is 0 Å². The van der Waals surface area contributed by atoms with E-state index in [2.05, 4.69) is 15.2 Å². The minimum absolute atomic E-state index is 0.306. The Bertz CT molecular complexity index is 994. The van der Waals surface area contributed by atoms with E-state index < -0.39 is 0 Å². The number of nitrogens with zero attached hydrogens (tertiary/aromatic N) is 3. The maximum absolute atomic E-state index is 12.1. The van der Waals surface area contributed by atoms with E-state index in [0.29, 0.717) is 5.39 Å². The lowest BCUT2D eigenvalue weighted by Gasteiger charge is -2.02. The molecule has 0 bridgehead atoms. The second kappa shape index (κ2) is 3.80. The molecule has 1 aromatic carbocycles. The van der Waals surface area contributed by atoms with Crippen LogP contribution in [0.25, 0.3) is 31.8 Å². The van der Waals surface area contributed by atoms with Crippen molar-refractivity contribution in [3.8, 4) is 0 Å². The Balaban J connectivity index is 2.54. The molecule has 3 heterocycles. The first kappa shape index (κ1) is 10.5. The van der Waals surface area contributed by atoms with Crippen molar-refractivity contribution in [3.63, 3.8) is 0 Å². The summed E-state index contributed by atoms with van der Waals surface area (Å²) in [5, 5.41) is 12.9. The molecule has 0 amide bonds. The Kier molecular flexibility index (Phi) is 2.10. The largest absolute Gasteiger partial charge is 0.297 e. The average molecular weight is 265 g/mol. The highest BCUT2D eigenvalue weighted by Crippen LogP contribution is 2.34. The Labute approximate surface area is 111 Å². The maximum atomic E-state index is 12.1. The number of benzene rings is 1. The molecule has 4 nitrogen and oxygen atoms in total. The van der Waals surface area contributed by atoms with Gasteiger partial charge in [0, 0.05) is 27.1 Å². The van der Waals surface area contributed by atoms with Gasteiger partial charge in [0.05, 0.1) is 17.1 Å². The molecule has 0 aliphatic carbocycles. The first-order valence-corrected chi connectivity index (χ1v) is 6.64. The van der Waals surface area contributed by atoms with Gasteiger partial charge in [0.25, 0.3) is 5.56 Å². The molecule has 0 radical (unpaired) electrons. The first-order chi connectivity index (χ1) is 9.36. The van der Waals surface area contributed by atoms with E-state index >= 15 is 0 Å². The van der Waals surface area contributed by atoms with Crippen LogP contribution in [0.5, 0.6) is 0 Å². The van der Waals surface area contributed by atoms with Crippen molar-refractivity contribution in [2.75, 3.05) is 0 Å². The fourth-order valence-electron chi connectivity index (χ4n) is 2.41. The van der Waals surface area contributed by atoms with E-state index in [-0.39, 0.29) is 5.56 Å². The lowest BCUT2D eigenvalue weighted by atomic mass is 10.1. The van der Waals surface area contributed by atoms with Crippen LogP contribution in [0, 0.1) is 0 Å². The van der Waals surface area contributed by atoms with Gasteiger partial charge >= 0.3 is 0 Å². The molecule has 0 spiro atoms. The van der Waals surface area contributed by atoms with Crippen LogP contribution in [-0.4, -0.2) is 15.2 Å². The second-order valence-corrected chi connectivity index (χ2v) is 5.10. The molecule has 5 heteroatoms. The van der Waals surface area contributed by atoms with E-state index in [1.165, 1.54) is 6.20 Å². The third-order valence-electron chi connectivity index (χ3n) is 3.18. The number of fused-ring (bicyclic) bond motifs is 6. The van der Waals surface area contributed by atoms with Gasteiger partial charge in [-0.2, -0.15) is 5.10 Å². The van der Waals surface area contributed by atoms with E-state index in [1.54, 1.807) is 23.6 Å². The summed E-state index contributed by atoms with van der Waals surface area (Å²) in [7, 11) is 0. The van der Waals surface area contributed by atoms with Crippen LogP contribution in [0.3, 0.4) is 0 Å². The van der Waals surface area contributed by atoms with Crippen molar-refractivity contribution in [3.05, 3.63) is 52.4 Å². The van der Waals surface area contributed by atoms with Gasteiger partial charge in [0.2, 0.25) is 0 Å². The van der Waals surface area contributed by atoms with Gasteiger partial charge in [-0.25, -0.2) is 0 Å². The third-order valence-corrected chi connectivity index (χ3v) is 4.12. The molecule has 4 aromatic rings. The number of pyridine rings is 1. The zero-order valence-corrected chi connectivity index (χ0v) is 10.5. The van der Waals surface area contributed by atoms with Crippen LogP contribution in [0.2, 0.25) is 0 Å². The molecule has 90 valence electrons. The molecule has 0 saturated heterocycles. The van der Waals surface area contributed by atoms with Crippen LogP contribution in [-0.2, 0) is 0 Å². The fourth-order valence-corrected chi connectivity index (χ4v) is 3.37. The summed E-state index contributed by atoms with van der Waals surface area (Å²) in [6.07, 6.45) is 3.27. The highest BCUT2D eigenvalue weighted by Gasteiger charge is 2.12. The van der Waals surface area contributed by atoms with Crippen molar-refractivity contribution < 1.29 is 0 Å².